The normalized spacial score (nSPS) is 17.3. The van der Waals surface area contributed by atoms with Gasteiger partial charge < -0.3 is 5.11 Å². The molecule has 2 rings (SSSR count). The number of aromatic carboxylic acids is 1. The molecule has 5 nitrogen and oxygen atoms in total. The fraction of sp³-hybridized carbons (Fsp3) is 0.154. The fourth-order valence-corrected chi connectivity index (χ4v) is 2.55. The van der Waals surface area contributed by atoms with Crippen LogP contribution in [-0.4, -0.2) is 33.7 Å². The van der Waals surface area contributed by atoms with Crippen molar-refractivity contribution in [2.75, 3.05) is 6.54 Å². The topological polar surface area (TPSA) is 74.7 Å². The van der Waals surface area contributed by atoms with Crippen LogP contribution in [-0.2, 0) is 4.79 Å². The second kappa shape index (κ2) is 5.27. The van der Waals surface area contributed by atoms with Crippen molar-refractivity contribution in [1.29, 1.82) is 0 Å². The standard InChI is InChI=1S/C13H11NO4S/c1-2-14-11(15)10(19-13(14)18)7-8-3-5-9(6-4-8)12(16)17/h3-7H,2H2,1H3,(H,16,17)/b10-7+. The lowest BCUT2D eigenvalue weighted by atomic mass is 10.1. The van der Waals surface area contributed by atoms with Crippen molar-refractivity contribution < 1.29 is 19.5 Å². The molecule has 0 atom stereocenters. The highest BCUT2D eigenvalue weighted by Gasteiger charge is 2.33. The molecule has 2 amide bonds. The predicted molar refractivity (Wildman–Crippen MR) is 71.8 cm³/mol. The lowest BCUT2D eigenvalue weighted by molar-refractivity contribution is -0.122. The fourth-order valence-electron chi connectivity index (χ4n) is 1.65. The third-order valence-electron chi connectivity index (χ3n) is 2.65. The highest BCUT2D eigenvalue weighted by molar-refractivity contribution is 8.18. The summed E-state index contributed by atoms with van der Waals surface area (Å²) < 4.78 is 0. The van der Waals surface area contributed by atoms with Gasteiger partial charge in [-0.05, 0) is 42.5 Å². The number of nitrogens with zero attached hydrogens (tertiary/aromatic N) is 1. The summed E-state index contributed by atoms with van der Waals surface area (Å²) in [7, 11) is 0. The molecule has 0 aromatic heterocycles. The number of hydrogen-bond acceptors (Lipinski definition) is 4. The van der Waals surface area contributed by atoms with Gasteiger partial charge in [-0.1, -0.05) is 12.1 Å². The van der Waals surface area contributed by atoms with E-state index in [1.807, 2.05) is 0 Å². The Bertz CT molecular complexity index is 577. The molecule has 1 aromatic rings. The van der Waals surface area contributed by atoms with E-state index in [2.05, 4.69) is 0 Å². The SMILES string of the molecule is CCN1C(=O)S/C(=C/c2ccc(C(=O)O)cc2)C1=O. The molecule has 0 spiro atoms. The summed E-state index contributed by atoms with van der Waals surface area (Å²) in [6.45, 7) is 2.08. The maximum Gasteiger partial charge on any atom is 0.335 e. The largest absolute Gasteiger partial charge is 0.478 e. The van der Waals surface area contributed by atoms with Crippen LogP contribution in [0.2, 0.25) is 0 Å². The van der Waals surface area contributed by atoms with Gasteiger partial charge in [0.15, 0.2) is 0 Å². The van der Waals surface area contributed by atoms with Gasteiger partial charge in [0.1, 0.15) is 0 Å². The molecule has 1 aromatic carbocycles. The Balaban J connectivity index is 2.25. The second-order valence-electron chi connectivity index (χ2n) is 3.85. The third-order valence-corrected chi connectivity index (χ3v) is 3.55. The average Bonchev–Trinajstić information content (AvgIpc) is 2.64. The van der Waals surface area contributed by atoms with Crippen LogP contribution in [0.25, 0.3) is 6.08 Å². The number of carboxylic acid groups (broad SMARTS) is 1. The van der Waals surface area contributed by atoms with Crippen molar-refractivity contribution >= 4 is 35.0 Å². The Morgan fingerprint density at radius 3 is 2.42 bits per heavy atom. The molecule has 1 aliphatic rings. The number of carbonyl (C=O) groups excluding carboxylic acids is 2. The summed E-state index contributed by atoms with van der Waals surface area (Å²) in [5.41, 5.74) is 0.866. The Morgan fingerprint density at radius 2 is 1.95 bits per heavy atom. The van der Waals surface area contributed by atoms with Crippen LogP contribution in [0, 0.1) is 0 Å². The first kappa shape index (κ1) is 13.4. The van der Waals surface area contributed by atoms with E-state index in [0.717, 1.165) is 11.8 Å². The molecule has 0 aliphatic carbocycles. The van der Waals surface area contributed by atoms with Gasteiger partial charge in [0.05, 0.1) is 10.5 Å². The molecule has 0 radical (unpaired) electrons. The van der Waals surface area contributed by atoms with Gasteiger partial charge in [-0.3, -0.25) is 14.5 Å². The lowest BCUT2D eigenvalue weighted by Crippen LogP contribution is -2.27. The van der Waals surface area contributed by atoms with Gasteiger partial charge in [0.25, 0.3) is 11.1 Å². The first-order valence-corrected chi connectivity index (χ1v) is 6.43. The number of imide groups is 1. The van der Waals surface area contributed by atoms with Crippen LogP contribution in [0.4, 0.5) is 4.79 Å². The van der Waals surface area contributed by atoms with Gasteiger partial charge in [-0.15, -0.1) is 0 Å². The molecule has 0 unspecified atom stereocenters. The molecule has 19 heavy (non-hydrogen) atoms. The molecular formula is C13H11NO4S. The molecule has 1 N–H and O–H groups in total. The summed E-state index contributed by atoms with van der Waals surface area (Å²) in [6, 6.07) is 6.11. The molecule has 98 valence electrons. The molecule has 1 aliphatic heterocycles. The monoisotopic (exact) mass is 277 g/mol. The highest BCUT2D eigenvalue weighted by atomic mass is 32.2. The number of amides is 2. The van der Waals surface area contributed by atoms with Gasteiger partial charge in [0.2, 0.25) is 0 Å². The summed E-state index contributed by atoms with van der Waals surface area (Å²) in [4.78, 5) is 35.6. The number of rotatable bonds is 3. The number of benzene rings is 1. The first-order chi connectivity index (χ1) is 9.02. The summed E-state index contributed by atoms with van der Waals surface area (Å²) in [5, 5.41) is 8.50. The Kier molecular flexibility index (Phi) is 3.71. The van der Waals surface area contributed by atoms with E-state index >= 15 is 0 Å². The van der Waals surface area contributed by atoms with E-state index in [1.54, 1.807) is 25.1 Å². The van der Waals surface area contributed by atoms with Crippen LogP contribution < -0.4 is 0 Å². The summed E-state index contributed by atoms with van der Waals surface area (Å²) in [6.07, 6.45) is 1.59. The predicted octanol–water partition coefficient (Wildman–Crippen LogP) is 2.44. The molecule has 0 saturated carbocycles. The van der Waals surface area contributed by atoms with Crippen LogP contribution in [0.3, 0.4) is 0 Å². The second-order valence-corrected chi connectivity index (χ2v) is 4.85. The van der Waals surface area contributed by atoms with Gasteiger partial charge in [0, 0.05) is 6.54 Å². The molecule has 0 bridgehead atoms. The molecule has 1 heterocycles. The molecule has 6 heteroatoms. The van der Waals surface area contributed by atoms with Crippen LogP contribution in [0.5, 0.6) is 0 Å². The minimum absolute atomic E-state index is 0.179. The quantitative estimate of drug-likeness (QED) is 0.859. The highest BCUT2D eigenvalue weighted by Crippen LogP contribution is 2.31. The van der Waals surface area contributed by atoms with E-state index in [9.17, 15) is 14.4 Å². The van der Waals surface area contributed by atoms with Crippen LogP contribution in [0.1, 0.15) is 22.8 Å². The van der Waals surface area contributed by atoms with Crippen molar-refractivity contribution in [3.05, 3.63) is 40.3 Å². The number of carbonyl (C=O) groups is 3. The average molecular weight is 277 g/mol. The maximum absolute atomic E-state index is 11.8. The minimum Gasteiger partial charge on any atom is -0.478 e. The zero-order valence-corrected chi connectivity index (χ0v) is 10.9. The Morgan fingerprint density at radius 1 is 1.32 bits per heavy atom. The van der Waals surface area contributed by atoms with E-state index in [-0.39, 0.29) is 16.7 Å². The van der Waals surface area contributed by atoms with E-state index < -0.39 is 5.97 Å². The van der Waals surface area contributed by atoms with E-state index in [4.69, 9.17) is 5.11 Å². The molecule has 1 saturated heterocycles. The van der Waals surface area contributed by atoms with Crippen molar-refractivity contribution in [3.8, 4) is 0 Å². The zero-order chi connectivity index (χ0) is 14.0. The van der Waals surface area contributed by atoms with Crippen molar-refractivity contribution in [2.45, 2.75) is 6.92 Å². The van der Waals surface area contributed by atoms with Crippen molar-refractivity contribution in [1.82, 2.24) is 4.90 Å². The van der Waals surface area contributed by atoms with Gasteiger partial charge >= 0.3 is 5.97 Å². The number of thioether (sulfide) groups is 1. The lowest BCUT2D eigenvalue weighted by Gasteiger charge is -2.06. The van der Waals surface area contributed by atoms with Crippen molar-refractivity contribution in [2.24, 2.45) is 0 Å². The number of carboxylic acids is 1. The molecule has 1 fully saturated rings. The first-order valence-electron chi connectivity index (χ1n) is 5.61. The Labute approximate surface area is 113 Å². The van der Waals surface area contributed by atoms with Gasteiger partial charge in [-0.2, -0.15) is 0 Å². The zero-order valence-electron chi connectivity index (χ0n) is 10.1. The number of hydrogen-bond donors (Lipinski definition) is 1. The van der Waals surface area contributed by atoms with Crippen LogP contribution in [0.15, 0.2) is 29.2 Å². The summed E-state index contributed by atoms with van der Waals surface area (Å²) >= 11 is 0.894. The minimum atomic E-state index is -1.00. The number of likely N-dealkylation sites (N-methyl/N-ethyl adjacent to an activating group) is 1. The van der Waals surface area contributed by atoms with E-state index in [1.165, 1.54) is 17.0 Å². The van der Waals surface area contributed by atoms with E-state index in [0.29, 0.717) is 17.0 Å². The maximum atomic E-state index is 11.8. The Hall–Kier alpha value is -2.08. The summed E-state index contributed by atoms with van der Waals surface area (Å²) in [5.74, 6) is -1.31. The smallest absolute Gasteiger partial charge is 0.335 e. The third kappa shape index (κ3) is 2.68. The molecular weight excluding hydrogens is 266 g/mol. The van der Waals surface area contributed by atoms with Crippen molar-refractivity contribution in [3.63, 3.8) is 0 Å². The van der Waals surface area contributed by atoms with Crippen LogP contribution >= 0.6 is 11.8 Å². The van der Waals surface area contributed by atoms with Gasteiger partial charge in [-0.25, -0.2) is 4.79 Å².